The van der Waals surface area contributed by atoms with E-state index in [4.69, 9.17) is 0 Å². The highest BCUT2D eigenvalue weighted by Gasteiger charge is 2.45. The lowest BCUT2D eigenvalue weighted by Gasteiger charge is -2.35. The molecular weight excluding hydrogens is 184 g/mol. The van der Waals surface area contributed by atoms with Crippen LogP contribution in [0.25, 0.3) is 0 Å². The van der Waals surface area contributed by atoms with Gasteiger partial charge in [-0.3, -0.25) is 4.79 Å². The average molecular weight is 202 g/mol. The summed E-state index contributed by atoms with van der Waals surface area (Å²) in [5.74, 6) is 0. The third-order valence-electron chi connectivity index (χ3n) is 4.27. The zero-order valence-electron chi connectivity index (χ0n) is 9.92. The molecule has 1 aromatic rings. The van der Waals surface area contributed by atoms with Crippen molar-refractivity contribution in [2.24, 2.45) is 5.41 Å². The van der Waals surface area contributed by atoms with Gasteiger partial charge in [0.15, 0.2) is 0 Å². The van der Waals surface area contributed by atoms with E-state index in [-0.39, 0.29) is 10.8 Å². The Balaban J connectivity index is 2.61. The minimum Gasteiger partial charge on any atom is -0.298 e. The summed E-state index contributed by atoms with van der Waals surface area (Å²) in [6.45, 7) is 9.14. The number of carbonyl (C=O) groups excluding carboxylic acids is 1. The van der Waals surface area contributed by atoms with Crippen LogP contribution in [0.4, 0.5) is 0 Å². The Morgan fingerprint density at radius 2 is 1.87 bits per heavy atom. The number of fused-ring (bicyclic) bond motifs is 1. The van der Waals surface area contributed by atoms with Crippen molar-refractivity contribution in [3.63, 3.8) is 0 Å². The second-order valence-electron chi connectivity index (χ2n) is 5.72. The summed E-state index contributed by atoms with van der Waals surface area (Å²) in [7, 11) is 0. The fourth-order valence-electron chi connectivity index (χ4n) is 2.47. The van der Waals surface area contributed by atoms with Crippen molar-refractivity contribution in [3.05, 3.63) is 34.9 Å². The van der Waals surface area contributed by atoms with E-state index in [1.165, 1.54) is 11.1 Å². The van der Waals surface area contributed by atoms with E-state index in [9.17, 15) is 4.79 Å². The number of benzene rings is 1. The molecule has 0 saturated heterocycles. The van der Waals surface area contributed by atoms with E-state index in [2.05, 4.69) is 39.8 Å². The standard InChI is InChI=1S/C14H18O/c1-13(2)8-11-6-5-10(9-15)7-12(11)14(13,3)4/h5-7,9H,8H2,1-4H3. The molecule has 1 aliphatic rings. The summed E-state index contributed by atoms with van der Waals surface area (Å²) in [6.07, 6.45) is 2.04. The van der Waals surface area contributed by atoms with E-state index in [0.717, 1.165) is 18.3 Å². The molecule has 0 aromatic heterocycles. The van der Waals surface area contributed by atoms with Crippen LogP contribution in [0.15, 0.2) is 18.2 Å². The van der Waals surface area contributed by atoms with E-state index in [1.807, 2.05) is 6.07 Å². The highest BCUT2D eigenvalue weighted by atomic mass is 16.1. The Kier molecular flexibility index (Phi) is 2.04. The molecule has 0 unspecified atom stereocenters. The zero-order valence-corrected chi connectivity index (χ0v) is 9.92. The van der Waals surface area contributed by atoms with Crippen LogP contribution in [-0.2, 0) is 11.8 Å². The van der Waals surface area contributed by atoms with Gasteiger partial charge >= 0.3 is 0 Å². The van der Waals surface area contributed by atoms with Gasteiger partial charge in [-0.25, -0.2) is 0 Å². The number of carbonyl (C=O) groups is 1. The maximum atomic E-state index is 10.8. The molecule has 0 saturated carbocycles. The van der Waals surface area contributed by atoms with Crippen LogP contribution < -0.4 is 0 Å². The molecule has 0 N–H and O–H groups in total. The van der Waals surface area contributed by atoms with Crippen LogP contribution in [0.1, 0.15) is 49.2 Å². The second-order valence-corrected chi connectivity index (χ2v) is 5.72. The Morgan fingerprint density at radius 3 is 2.47 bits per heavy atom. The summed E-state index contributed by atoms with van der Waals surface area (Å²) in [6, 6.07) is 6.08. The van der Waals surface area contributed by atoms with Crippen molar-refractivity contribution in [1.82, 2.24) is 0 Å². The molecular formula is C14H18O. The van der Waals surface area contributed by atoms with Crippen molar-refractivity contribution in [1.29, 1.82) is 0 Å². The zero-order chi connectivity index (χ0) is 11.3. The molecule has 1 aliphatic carbocycles. The van der Waals surface area contributed by atoms with Gasteiger partial charge in [0.1, 0.15) is 6.29 Å². The van der Waals surface area contributed by atoms with Gasteiger partial charge < -0.3 is 0 Å². The summed E-state index contributed by atoms with van der Waals surface area (Å²) in [4.78, 5) is 10.8. The van der Waals surface area contributed by atoms with Gasteiger partial charge in [0, 0.05) is 5.56 Å². The topological polar surface area (TPSA) is 17.1 Å². The van der Waals surface area contributed by atoms with Crippen molar-refractivity contribution in [2.75, 3.05) is 0 Å². The first kappa shape index (κ1) is 10.4. The second kappa shape index (κ2) is 2.94. The molecule has 0 fully saturated rings. The molecule has 80 valence electrons. The third kappa shape index (κ3) is 1.33. The predicted molar refractivity (Wildman–Crippen MR) is 62.3 cm³/mol. The Hall–Kier alpha value is -1.11. The van der Waals surface area contributed by atoms with Gasteiger partial charge in [0.05, 0.1) is 0 Å². The van der Waals surface area contributed by atoms with Crippen LogP contribution >= 0.6 is 0 Å². The van der Waals surface area contributed by atoms with Gasteiger partial charge in [0.25, 0.3) is 0 Å². The van der Waals surface area contributed by atoms with Crippen molar-refractivity contribution < 1.29 is 4.79 Å². The molecule has 0 amide bonds. The van der Waals surface area contributed by atoms with Crippen molar-refractivity contribution in [2.45, 2.75) is 39.5 Å². The normalized spacial score (nSPS) is 21.1. The lowest BCUT2D eigenvalue weighted by molar-refractivity contribution is 0.112. The molecule has 0 spiro atoms. The highest BCUT2D eigenvalue weighted by molar-refractivity contribution is 5.75. The summed E-state index contributed by atoms with van der Waals surface area (Å²) < 4.78 is 0. The van der Waals surface area contributed by atoms with E-state index in [1.54, 1.807) is 0 Å². The Morgan fingerprint density at radius 1 is 1.20 bits per heavy atom. The van der Waals surface area contributed by atoms with Gasteiger partial charge in [-0.2, -0.15) is 0 Å². The van der Waals surface area contributed by atoms with Crippen LogP contribution in [-0.4, -0.2) is 6.29 Å². The molecule has 1 heteroatoms. The fraction of sp³-hybridized carbons (Fsp3) is 0.500. The van der Waals surface area contributed by atoms with E-state index < -0.39 is 0 Å². The first-order chi connectivity index (χ1) is 6.88. The van der Waals surface area contributed by atoms with Crippen LogP contribution in [0.3, 0.4) is 0 Å². The molecule has 0 atom stereocenters. The SMILES string of the molecule is CC1(C)Cc2ccc(C=O)cc2C1(C)C. The molecule has 15 heavy (non-hydrogen) atoms. The quantitative estimate of drug-likeness (QED) is 0.638. The minimum atomic E-state index is 0.154. The molecule has 0 radical (unpaired) electrons. The highest BCUT2D eigenvalue weighted by Crippen LogP contribution is 2.51. The Bertz CT molecular complexity index is 413. The van der Waals surface area contributed by atoms with Crippen molar-refractivity contribution in [3.8, 4) is 0 Å². The monoisotopic (exact) mass is 202 g/mol. The van der Waals surface area contributed by atoms with Crippen molar-refractivity contribution >= 4 is 6.29 Å². The maximum absolute atomic E-state index is 10.8. The largest absolute Gasteiger partial charge is 0.298 e. The molecule has 0 bridgehead atoms. The lowest BCUT2D eigenvalue weighted by Crippen LogP contribution is -2.32. The summed E-state index contributed by atoms with van der Waals surface area (Å²) in [5, 5.41) is 0. The Labute approximate surface area is 91.5 Å². The smallest absolute Gasteiger partial charge is 0.150 e. The maximum Gasteiger partial charge on any atom is 0.150 e. The number of hydrogen-bond acceptors (Lipinski definition) is 1. The molecule has 0 aliphatic heterocycles. The van der Waals surface area contributed by atoms with Gasteiger partial charge in [-0.15, -0.1) is 0 Å². The molecule has 0 heterocycles. The molecule has 1 nitrogen and oxygen atoms in total. The van der Waals surface area contributed by atoms with Crippen LogP contribution in [0.2, 0.25) is 0 Å². The van der Waals surface area contributed by atoms with Crippen LogP contribution in [0.5, 0.6) is 0 Å². The van der Waals surface area contributed by atoms with E-state index >= 15 is 0 Å². The summed E-state index contributed by atoms with van der Waals surface area (Å²) in [5.41, 5.74) is 3.96. The van der Waals surface area contributed by atoms with Gasteiger partial charge in [-0.1, -0.05) is 39.8 Å². The summed E-state index contributed by atoms with van der Waals surface area (Å²) >= 11 is 0. The van der Waals surface area contributed by atoms with Crippen LogP contribution in [0, 0.1) is 5.41 Å². The third-order valence-corrected chi connectivity index (χ3v) is 4.27. The molecule has 1 aromatic carbocycles. The number of aldehydes is 1. The predicted octanol–water partition coefficient (Wildman–Crippen LogP) is 3.36. The number of hydrogen-bond donors (Lipinski definition) is 0. The average Bonchev–Trinajstić information content (AvgIpc) is 2.34. The van der Waals surface area contributed by atoms with E-state index in [0.29, 0.717) is 0 Å². The minimum absolute atomic E-state index is 0.154. The lowest BCUT2D eigenvalue weighted by atomic mass is 9.68. The van der Waals surface area contributed by atoms with Gasteiger partial charge in [0.2, 0.25) is 0 Å². The fourth-order valence-corrected chi connectivity index (χ4v) is 2.47. The number of rotatable bonds is 1. The first-order valence-corrected chi connectivity index (χ1v) is 5.47. The van der Waals surface area contributed by atoms with Gasteiger partial charge in [-0.05, 0) is 34.4 Å². The molecule has 2 rings (SSSR count). The first-order valence-electron chi connectivity index (χ1n) is 5.47.